The van der Waals surface area contributed by atoms with Gasteiger partial charge in [0.2, 0.25) is 5.91 Å². The molecular formula is C11H10FNO3. The molecule has 0 unspecified atom stereocenters. The van der Waals surface area contributed by atoms with Crippen molar-refractivity contribution in [2.24, 2.45) is 0 Å². The maximum atomic E-state index is 12.9. The minimum atomic E-state index is -1.23. The van der Waals surface area contributed by atoms with Gasteiger partial charge in [-0.1, -0.05) is 0 Å². The average molecular weight is 223 g/mol. The third-order valence-corrected chi connectivity index (χ3v) is 2.55. The van der Waals surface area contributed by atoms with Gasteiger partial charge in [0.25, 0.3) is 0 Å². The number of hydrogen-bond acceptors (Lipinski definition) is 2. The van der Waals surface area contributed by atoms with E-state index in [0.717, 1.165) is 12.1 Å². The van der Waals surface area contributed by atoms with Gasteiger partial charge in [-0.2, -0.15) is 0 Å². The molecule has 0 radical (unpaired) electrons. The predicted molar refractivity (Wildman–Crippen MR) is 54.9 cm³/mol. The van der Waals surface area contributed by atoms with Crippen LogP contribution in [0.4, 0.5) is 10.1 Å². The number of benzene rings is 1. The van der Waals surface area contributed by atoms with Crippen LogP contribution in [0.5, 0.6) is 0 Å². The molecule has 84 valence electrons. The lowest BCUT2D eigenvalue weighted by Crippen LogP contribution is -2.25. The van der Waals surface area contributed by atoms with Crippen molar-refractivity contribution in [2.45, 2.75) is 12.8 Å². The van der Waals surface area contributed by atoms with E-state index in [1.165, 1.54) is 11.0 Å². The zero-order valence-corrected chi connectivity index (χ0v) is 8.44. The van der Waals surface area contributed by atoms with E-state index in [2.05, 4.69) is 0 Å². The molecule has 1 aliphatic rings. The summed E-state index contributed by atoms with van der Waals surface area (Å²) in [6.07, 6.45) is 1.12. The molecule has 0 saturated carbocycles. The highest BCUT2D eigenvalue weighted by Crippen LogP contribution is 2.26. The lowest BCUT2D eigenvalue weighted by atomic mass is 10.1. The molecule has 1 aromatic carbocycles. The Balaban J connectivity index is 2.47. The Labute approximate surface area is 91.3 Å². The number of anilines is 1. The van der Waals surface area contributed by atoms with E-state index in [0.29, 0.717) is 19.4 Å². The van der Waals surface area contributed by atoms with Crippen LogP contribution >= 0.6 is 0 Å². The third kappa shape index (κ3) is 1.76. The molecule has 1 aromatic rings. The molecule has 1 N–H and O–H groups in total. The quantitative estimate of drug-likeness (QED) is 0.829. The van der Waals surface area contributed by atoms with Gasteiger partial charge in [0, 0.05) is 13.0 Å². The zero-order valence-electron chi connectivity index (χ0n) is 8.44. The van der Waals surface area contributed by atoms with Crippen LogP contribution in [0.25, 0.3) is 0 Å². The van der Waals surface area contributed by atoms with Crippen LogP contribution in [-0.4, -0.2) is 23.5 Å². The maximum absolute atomic E-state index is 12.9. The first-order valence-electron chi connectivity index (χ1n) is 4.93. The Hall–Kier alpha value is -1.91. The largest absolute Gasteiger partial charge is 0.478 e. The van der Waals surface area contributed by atoms with Gasteiger partial charge in [0.05, 0.1) is 11.3 Å². The molecule has 5 heteroatoms. The second kappa shape index (κ2) is 3.92. The number of carboxylic acid groups (broad SMARTS) is 1. The smallest absolute Gasteiger partial charge is 0.337 e. The SMILES string of the molecule is O=C(O)c1cc(F)ccc1N1CCCC1=O. The fraction of sp³-hybridized carbons (Fsp3) is 0.273. The molecule has 1 saturated heterocycles. The maximum Gasteiger partial charge on any atom is 0.337 e. The van der Waals surface area contributed by atoms with E-state index in [1.807, 2.05) is 0 Å². The highest BCUT2D eigenvalue weighted by Gasteiger charge is 2.25. The molecule has 4 nitrogen and oxygen atoms in total. The molecule has 1 aliphatic heterocycles. The Kier molecular flexibility index (Phi) is 2.60. The van der Waals surface area contributed by atoms with Crippen molar-refractivity contribution in [1.29, 1.82) is 0 Å². The Morgan fingerprint density at radius 2 is 2.19 bits per heavy atom. The summed E-state index contributed by atoms with van der Waals surface area (Å²) in [7, 11) is 0. The van der Waals surface area contributed by atoms with Gasteiger partial charge in [-0.3, -0.25) is 4.79 Å². The van der Waals surface area contributed by atoms with Crippen LogP contribution in [0.15, 0.2) is 18.2 Å². The summed E-state index contributed by atoms with van der Waals surface area (Å²) in [6.45, 7) is 0.491. The molecule has 1 amide bonds. The first kappa shape index (κ1) is 10.6. The topological polar surface area (TPSA) is 57.6 Å². The van der Waals surface area contributed by atoms with Gasteiger partial charge in [0.15, 0.2) is 0 Å². The van der Waals surface area contributed by atoms with Crippen LogP contribution in [0.1, 0.15) is 23.2 Å². The Morgan fingerprint density at radius 1 is 1.44 bits per heavy atom. The fourth-order valence-electron chi connectivity index (χ4n) is 1.82. The predicted octanol–water partition coefficient (Wildman–Crippen LogP) is 1.65. The number of carboxylic acids is 1. The third-order valence-electron chi connectivity index (χ3n) is 2.55. The first-order chi connectivity index (χ1) is 7.59. The molecule has 1 heterocycles. The van der Waals surface area contributed by atoms with Crippen LogP contribution in [0, 0.1) is 5.82 Å². The van der Waals surface area contributed by atoms with E-state index in [9.17, 15) is 14.0 Å². The van der Waals surface area contributed by atoms with Crippen molar-refractivity contribution in [3.05, 3.63) is 29.6 Å². The van der Waals surface area contributed by atoms with Gasteiger partial charge in [-0.25, -0.2) is 9.18 Å². The molecule has 0 aliphatic carbocycles. The number of carbonyl (C=O) groups is 2. The van der Waals surface area contributed by atoms with Gasteiger partial charge < -0.3 is 10.0 Å². The van der Waals surface area contributed by atoms with Crippen LogP contribution in [-0.2, 0) is 4.79 Å². The van der Waals surface area contributed by atoms with Gasteiger partial charge in [0.1, 0.15) is 5.82 Å². The van der Waals surface area contributed by atoms with Gasteiger partial charge in [-0.05, 0) is 24.6 Å². The number of nitrogens with zero attached hydrogens (tertiary/aromatic N) is 1. The minimum Gasteiger partial charge on any atom is -0.478 e. The van der Waals surface area contributed by atoms with Crippen molar-refractivity contribution < 1.29 is 19.1 Å². The monoisotopic (exact) mass is 223 g/mol. The average Bonchev–Trinajstić information content (AvgIpc) is 2.64. The van der Waals surface area contributed by atoms with E-state index in [4.69, 9.17) is 5.11 Å². The van der Waals surface area contributed by atoms with Crippen molar-refractivity contribution in [3.8, 4) is 0 Å². The minimum absolute atomic E-state index is 0.117. The van der Waals surface area contributed by atoms with Gasteiger partial charge >= 0.3 is 5.97 Å². The highest BCUT2D eigenvalue weighted by molar-refractivity contribution is 6.02. The second-order valence-electron chi connectivity index (χ2n) is 3.62. The number of carbonyl (C=O) groups excluding carboxylic acids is 1. The van der Waals surface area contributed by atoms with Crippen molar-refractivity contribution in [1.82, 2.24) is 0 Å². The van der Waals surface area contributed by atoms with Crippen LogP contribution < -0.4 is 4.90 Å². The lowest BCUT2D eigenvalue weighted by Gasteiger charge is -2.17. The summed E-state index contributed by atoms with van der Waals surface area (Å²) in [5.74, 6) is -1.96. The summed E-state index contributed by atoms with van der Waals surface area (Å²) in [4.78, 5) is 23.8. The second-order valence-corrected chi connectivity index (χ2v) is 3.62. The van der Waals surface area contributed by atoms with Crippen molar-refractivity contribution in [2.75, 3.05) is 11.4 Å². The summed E-state index contributed by atoms with van der Waals surface area (Å²) in [6, 6.07) is 3.43. The van der Waals surface area contributed by atoms with E-state index in [-0.39, 0.29) is 17.2 Å². The zero-order chi connectivity index (χ0) is 11.7. The molecule has 2 rings (SSSR count). The molecular weight excluding hydrogens is 213 g/mol. The fourth-order valence-corrected chi connectivity index (χ4v) is 1.82. The summed E-state index contributed by atoms with van der Waals surface area (Å²) in [5, 5.41) is 8.93. The molecule has 0 aromatic heterocycles. The lowest BCUT2D eigenvalue weighted by molar-refractivity contribution is -0.117. The molecule has 0 atom stereocenters. The Morgan fingerprint density at radius 3 is 2.75 bits per heavy atom. The number of amides is 1. The standard InChI is InChI=1S/C11H10FNO3/c12-7-3-4-9(8(6-7)11(15)16)13-5-1-2-10(13)14/h3-4,6H,1-2,5H2,(H,15,16). The van der Waals surface area contributed by atoms with E-state index in [1.54, 1.807) is 0 Å². The molecule has 0 bridgehead atoms. The number of rotatable bonds is 2. The molecule has 0 spiro atoms. The number of aromatic carboxylic acids is 1. The molecule has 16 heavy (non-hydrogen) atoms. The number of halogens is 1. The van der Waals surface area contributed by atoms with Crippen LogP contribution in [0.3, 0.4) is 0 Å². The number of hydrogen-bond donors (Lipinski definition) is 1. The van der Waals surface area contributed by atoms with Crippen molar-refractivity contribution in [3.63, 3.8) is 0 Å². The molecule has 1 fully saturated rings. The summed E-state index contributed by atoms with van der Waals surface area (Å²) < 4.78 is 12.9. The van der Waals surface area contributed by atoms with Crippen LogP contribution in [0.2, 0.25) is 0 Å². The van der Waals surface area contributed by atoms with Gasteiger partial charge in [-0.15, -0.1) is 0 Å². The van der Waals surface area contributed by atoms with Crippen molar-refractivity contribution >= 4 is 17.6 Å². The summed E-state index contributed by atoms with van der Waals surface area (Å²) >= 11 is 0. The first-order valence-corrected chi connectivity index (χ1v) is 4.93. The van der Waals surface area contributed by atoms with E-state index < -0.39 is 11.8 Å². The normalized spacial score (nSPS) is 15.6. The summed E-state index contributed by atoms with van der Waals surface area (Å²) in [5.41, 5.74) is 0.103. The van der Waals surface area contributed by atoms with E-state index >= 15 is 0 Å². The highest BCUT2D eigenvalue weighted by atomic mass is 19.1. The Bertz CT molecular complexity index is 459.